The molecule has 1 fully saturated rings. The van der Waals surface area contributed by atoms with E-state index in [9.17, 15) is 0 Å². The number of hydrogen-bond donors (Lipinski definition) is 0. The molecule has 0 heterocycles. The van der Waals surface area contributed by atoms with Crippen molar-refractivity contribution in [1.82, 2.24) is 0 Å². The lowest BCUT2D eigenvalue weighted by Gasteiger charge is -2.11. The van der Waals surface area contributed by atoms with E-state index in [1.54, 1.807) is 11.8 Å². The quantitative estimate of drug-likeness (QED) is 0.589. The van der Waals surface area contributed by atoms with Crippen LogP contribution in [0.1, 0.15) is 18.9 Å². The van der Waals surface area contributed by atoms with Gasteiger partial charge in [0, 0.05) is 10.2 Å². The van der Waals surface area contributed by atoms with Crippen LogP contribution >= 0.6 is 27.7 Å². The molecule has 14 heavy (non-hydrogen) atoms. The van der Waals surface area contributed by atoms with Crippen LogP contribution in [0.4, 0.5) is 0 Å². The lowest BCUT2D eigenvalue weighted by atomic mass is 9.96. The van der Waals surface area contributed by atoms with Gasteiger partial charge in [-0.3, -0.25) is 0 Å². The molecule has 2 unspecified atom stereocenters. The minimum atomic E-state index is 0.445. The first-order valence-electron chi connectivity index (χ1n) is 4.91. The third-order valence-corrected chi connectivity index (χ3v) is 4.87. The summed E-state index contributed by atoms with van der Waals surface area (Å²) in [6, 6.07) is 9.03. The molecule has 1 aromatic carbocycles. The highest BCUT2D eigenvalue weighted by Gasteiger charge is 2.49. The van der Waals surface area contributed by atoms with Crippen molar-refractivity contribution in [2.45, 2.75) is 23.7 Å². The first kappa shape index (κ1) is 10.6. The Labute approximate surface area is 98.6 Å². The molecule has 0 spiro atoms. The predicted octanol–water partition coefficient (Wildman–Crippen LogP) is 4.08. The predicted molar refractivity (Wildman–Crippen MR) is 67.5 cm³/mol. The summed E-state index contributed by atoms with van der Waals surface area (Å²) in [7, 11) is 0. The van der Waals surface area contributed by atoms with E-state index >= 15 is 0 Å². The number of halogens is 1. The zero-order valence-corrected chi connectivity index (χ0v) is 11.0. The highest BCUT2D eigenvalue weighted by Crippen LogP contribution is 2.54. The molecule has 1 aliphatic carbocycles. The van der Waals surface area contributed by atoms with Gasteiger partial charge in [0.2, 0.25) is 0 Å². The van der Waals surface area contributed by atoms with Gasteiger partial charge < -0.3 is 0 Å². The van der Waals surface area contributed by atoms with Crippen LogP contribution in [0.15, 0.2) is 29.2 Å². The number of hydrogen-bond acceptors (Lipinski definition) is 1. The summed E-state index contributed by atoms with van der Waals surface area (Å²) < 4.78 is 0. The van der Waals surface area contributed by atoms with E-state index < -0.39 is 0 Å². The zero-order chi connectivity index (χ0) is 10.2. The van der Waals surface area contributed by atoms with Crippen LogP contribution in [0.5, 0.6) is 0 Å². The summed E-state index contributed by atoms with van der Waals surface area (Å²) >= 11 is 5.38. The molecular weight excluding hydrogens is 256 g/mol. The van der Waals surface area contributed by atoms with Crippen molar-refractivity contribution in [3.63, 3.8) is 0 Å². The molecule has 2 atom stereocenters. The molecular formula is C12H15BrS. The molecule has 0 nitrogen and oxygen atoms in total. The van der Waals surface area contributed by atoms with Crippen LogP contribution in [0.2, 0.25) is 0 Å². The van der Waals surface area contributed by atoms with Crippen molar-refractivity contribution in [3.8, 4) is 0 Å². The highest BCUT2D eigenvalue weighted by atomic mass is 79.9. The Bertz CT molecular complexity index is 320. The third kappa shape index (κ3) is 1.74. The molecule has 2 rings (SSSR count). The maximum atomic E-state index is 3.57. The number of thioether (sulfide) groups is 1. The van der Waals surface area contributed by atoms with E-state index in [1.165, 1.54) is 16.9 Å². The van der Waals surface area contributed by atoms with Gasteiger partial charge in [-0.1, -0.05) is 35.0 Å². The molecule has 0 radical (unpaired) electrons. The molecule has 0 saturated heterocycles. The van der Waals surface area contributed by atoms with Crippen molar-refractivity contribution in [2.75, 3.05) is 11.6 Å². The summed E-state index contributed by atoms with van der Waals surface area (Å²) in [6.07, 6.45) is 3.45. The molecule has 1 aliphatic rings. The molecule has 76 valence electrons. The Morgan fingerprint density at radius 3 is 2.50 bits per heavy atom. The van der Waals surface area contributed by atoms with Crippen LogP contribution in [0.3, 0.4) is 0 Å². The van der Waals surface area contributed by atoms with Crippen molar-refractivity contribution in [1.29, 1.82) is 0 Å². The molecule has 2 heteroatoms. The Morgan fingerprint density at radius 1 is 1.43 bits per heavy atom. The van der Waals surface area contributed by atoms with Crippen LogP contribution in [0, 0.1) is 5.92 Å². The topological polar surface area (TPSA) is 0 Å². The van der Waals surface area contributed by atoms with Crippen molar-refractivity contribution in [3.05, 3.63) is 29.8 Å². The molecule has 1 saturated carbocycles. The SMILES string of the molecule is CSc1ccc(C2(C)CC2CBr)cc1. The Kier molecular flexibility index (Phi) is 2.94. The summed E-state index contributed by atoms with van der Waals surface area (Å²) in [4.78, 5) is 1.35. The van der Waals surface area contributed by atoms with E-state index in [1.807, 2.05) is 0 Å². The second kappa shape index (κ2) is 3.90. The van der Waals surface area contributed by atoms with Gasteiger partial charge in [0.05, 0.1) is 0 Å². The minimum Gasteiger partial charge on any atom is -0.130 e. The van der Waals surface area contributed by atoms with Gasteiger partial charge in [-0.15, -0.1) is 11.8 Å². The smallest absolute Gasteiger partial charge is 0.00693 e. The minimum absolute atomic E-state index is 0.445. The fourth-order valence-electron chi connectivity index (χ4n) is 2.00. The van der Waals surface area contributed by atoms with E-state index in [2.05, 4.69) is 53.4 Å². The van der Waals surface area contributed by atoms with Crippen LogP contribution in [-0.2, 0) is 5.41 Å². The Hall–Kier alpha value is 0.0500. The summed E-state index contributed by atoms with van der Waals surface area (Å²) in [5.41, 5.74) is 1.94. The summed E-state index contributed by atoms with van der Waals surface area (Å²) in [5.74, 6) is 0.836. The Morgan fingerprint density at radius 2 is 2.07 bits per heavy atom. The maximum Gasteiger partial charge on any atom is 0.00693 e. The van der Waals surface area contributed by atoms with E-state index in [-0.39, 0.29) is 0 Å². The standard InChI is InChI=1S/C12H15BrS/c1-12(7-10(12)8-13)9-3-5-11(14-2)6-4-9/h3-6,10H,7-8H2,1-2H3. The van der Waals surface area contributed by atoms with Gasteiger partial charge in [-0.25, -0.2) is 0 Å². The largest absolute Gasteiger partial charge is 0.130 e. The first-order chi connectivity index (χ1) is 6.70. The van der Waals surface area contributed by atoms with Gasteiger partial charge >= 0.3 is 0 Å². The number of benzene rings is 1. The van der Waals surface area contributed by atoms with Gasteiger partial charge in [-0.05, 0) is 41.7 Å². The number of rotatable bonds is 3. The molecule has 0 aromatic heterocycles. The third-order valence-electron chi connectivity index (χ3n) is 3.35. The second-order valence-corrected chi connectivity index (χ2v) is 5.73. The molecule has 0 aliphatic heterocycles. The number of alkyl halides is 1. The molecule has 1 aromatic rings. The van der Waals surface area contributed by atoms with E-state index in [0.717, 1.165) is 11.2 Å². The lowest BCUT2D eigenvalue weighted by Crippen LogP contribution is -2.04. The zero-order valence-electron chi connectivity index (χ0n) is 8.59. The Balaban J connectivity index is 2.18. The lowest BCUT2D eigenvalue weighted by molar-refractivity contribution is 0.709. The maximum absolute atomic E-state index is 3.57. The van der Waals surface area contributed by atoms with Crippen LogP contribution in [0.25, 0.3) is 0 Å². The average molecular weight is 271 g/mol. The van der Waals surface area contributed by atoms with Gasteiger partial charge in [0.25, 0.3) is 0 Å². The average Bonchev–Trinajstić information content (AvgIpc) is 2.91. The molecule has 0 amide bonds. The van der Waals surface area contributed by atoms with Crippen molar-refractivity contribution < 1.29 is 0 Å². The fourth-order valence-corrected chi connectivity index (χ4v) is 3.35. The van der Waals surface area contributed by atoms with Gasteiger partial charge in [0.1, 0.15) is 0 Å². The van der Waals surface area contributed by atoms with Crippen molar-refractivity contribution in [2.24, 2.45) is 5.92 Å². The highest BCUT2D eigenvalue weighted by molar-refractivity contribution is 9.09. The van der Waals surface area contributed by atoms with Crippen LogP contribution in [-0.4, -0.2) is 11.6 Å². The second-order valence-electron chi connectivity index (χ2n) is 4.20. The monoisotopic (exact) mass is 270 g/mol. The molecule has 0 bridgehead atoms. The van der Waals surface area contributed by atoms with Gasteiger partial charge in [0.15, 0.2) is 0 Å². The summed E-state index contributed by atoms with van der Waals surface area (Å²) in [5, 5.41) is 1.13. The van der Waals surface area contributed by atoms with E-state index in [4.69, 9.17) is 0 Å². The first-order valence-corrected chi connectivity index (χ1v) is 7.26. The molecule has 0 N–H and O–H groups in total. The fraction of sp³-hybridized carbons (Fsp3) is 0.500. The van der Waals surface area contributed by atoms with Gasteiger partial charge in [-0.2, -0.15) is 0 Å². The summed E-state index contributed by atoms with van der Waals surface area (Å²) in [6.45, 7) is 2.37. The van der Waals surface area contributed by atoms with Crippen LogP contribution < -0.4 is 0 Å². The van der Waals surface area contributed by atoms with Crippen molar-refractivity contribution >= 4 is 27.7 Å². The normalized spacial score (nSPS) is 30.4. The van der Waals surface area contributed by atoms with E-state index in [0.29, 0.717) is 5.41 Å².